The number of nitrogens with zero attached hydrogens (tertiary/aromatic N) is 2. The summed E-state index contributed by atoms with van der Waals surface area (Å²) in [6.45, 7) is 4.04. The largest absolute Gasteiger partial charge is 0.476 e. The molecule has 0 aliphatic rings. The van der Waals surface area contributed by atoms with Gasteiger partial charge in [0.1, 0.15) is 0 Å². The normalized spacial score (nSPS) is 10.2. The number of hydrogen-bond acceptors (Lipinski definition) is 3. The molecule has 0 amide bonds. The molecule has 1 aromatic carbocycles. The molecule has 0 radical (unpaired) electrons. The van der Waals surface area contributed by atoms with Gasteiger partial charge in [0.15, 0.2) is 5.69 Å². The first-order valence-electron chi connectivity index (χ1n) is 5.23. The molecular formula is C13H12N2O2. The number of carboxylic acid groups (broad SMARTS) is 1. The van der Waals surface area contributed by atoms with E-state index in [9.17, 15) is 4.79 Å². The van der Waals surface area contributed by atoms with Gasteiger partial charge in [-0.3, -0.25) is 0 Å². The van der Waals surface area contributed by atoms with Gasteiger partial charge in [0, 0.05) is 5.56 Å². The average Bonchev–Trinajstić information content (AvgIpc) is 2.33. The first-order valence-corrected chi connectivity index (χ1v) is 5.23. The molecule has 4 nitrogen and oxygen atoms in total. The second-order valence-corrected chi connectivity index (χ2v) is 3.86. The van der Waals surface area contributed by atoms with Gasteiger partial charge in [-0.2, -0.15) is 0 Å². The van der Waals surface area contributed by atoms with E-state index in [-0.39, 0.29) is 5.69 Å². The average molecular weight is 228 g/mol. The highest BCUT2D eigenvalue weighted by molar-refractivity contribution is 5.85. The van der Waals surface area contributed by atoms with Crippen LogP contribution in [0.2, 0.25) is 0 Å². The highest BCUT2D eigenvalue weighted by atomic mass is 16.4. The Morgan fingerprint density at radius 3 is 2.47 bits per heavy atom. The van der Waals surface area contributed by atoms with Crippen LogP contribution in [0.5, 0.6) is 0 Å². The van der Waals surface area contributed by atoms with Crippen LogP contribution in [-0.4, -0.2) is 21.3 Å². The predicted octanol–water partition coefficient (Wildman–Crippen LogP) is 2.46. The van der Waals surface area contributed by atoms with E-state index >= 15 is 0 Å². The van der Waals surface area contributed by atoms with Crippen LogP contribution < -0.4 is 0 Å². The van der Waals surface area contributed by atoms with Crippen LogP contribution in [0.25, 0.3) is 11.3 Å². The summed E-state index contributed by atoms with van der Waals surface area (Å²) in [6.07, 6.45) is 0. The number of benzene rings is 1. The first kappa shape index (κ1) is 11.3. The number of hydrogen-bond donors (Lipinski definition) is 1. The zero-order valence-corrected chi connectivity index (χ0v) is 9.64. The summed E-state index contributed by atoms with van der Waals surface area (Å²) < 4.78 is 0. The van der Waals surface area contributed by atoms with Gasteiger partial charge in [-0.15, -0.1) is 10.2 Å². The molecule has 0 saturated heterocycles. The molecule has 0 atom stereocenters. The molecule has 0 aliphatic carbocycles. The molecule has 0 spiro atoms. The van der Waals surface area contributed by atoms with Crippen LogP contribution in [0.1, 0.15) is 21.6 Å². The van der Waals surface area contributed by atoms with Crippen molar-refractivity contribution in [3.05, 3.63) is 47.2 Å². The number of carboxylic acids is 1. The first-order chi connectivity index (χ1) is 8.09. The Labute approximate surface area is 98.9 Å². The minimum atomic E-state index is -1.06. The van der Waals surface area contributed by atoms with E-state index in [0.29, 0.717) is 5.69 Å². The maximum Gasteiger partial charge on any atom is 0.356 e. The fourth-order valence-corrected chi connectivity index (χ4v) is 1.62. The summed E-state index contributed by atoms with van der Waals surface area (Å²) in [6, 6.07) is 9.07. The fraction of sp³-hybridized carbons (Fsp3) is 0.154. The minimum Gasteiger partial charge on any atom is -0.476 e. The van der Waals surface area contributed by atoms with Crippen LogP contribution in [0.15, 0.2) is 30.3 Å². The van der Waals surface area contributed by atoms with Crippen LogP contribution in [0.4, 0.5) is 0 Å². The summed E-state index contributed by atoms with van der Waals surface area (Å²) >= 11 is 0. The van der Waals surface area contributed by atoms with Gasteiger partial charge < -0.3 is 5.11 Å². The van der Waals surface area contributed by atoms with Gasteiger partial charge in [-0.05, 0) is 37.1 Å². The summed E-state index contributed by atoms with van der Waals surface area (Å²) in [5, 5.41) is 16.4. The Morgan fingerprint density at radius 2 is 1.88 bits per heavy atom. The quantitative estimate of drug-likeness (QED) is 0.857. The molecule has 1 aromatic heterocycles. The van der Waals surface area contributed by atoms with E-state index in [0.717, 1.165) is 11.1 Å². The number of rotatable bonds is 2. The van der Waals surface area contributed by atoms with E-state index < -0.39 is 5.97 Å². The monoisotopic (exact) mass is 228 g/mol. The van der Waals surface area contributed by atoms with Crippen LogP contribution >= 0.6 is 0 Å². The molecule has 1 heterocycles. The minimum absolute atomic E-state index is 0.0425. The molecule has 0 aliphatic heterocycles. The molecule has 1 N–H and O–H groups in total. The SMILES string of the molecule is Cc1cccc(-c2ccc(C(=O)O)nn2)c1C. The summed E-state index contributed by atoms with van der Waals surface area (Å²) in [5.41, 5.74) is 3.93. The molecular weight excluding hydrogens is 216 g/mol. The maximum atomic E-state index is 10.7. The topological polar surface area (TPSA) is 63.1 Å². The number of aromatic carboxylic acids is 1. The highest BCUT2D eigenvalue weighted by Gasteiger charge is 2.08. The Morgan fingerprint density at radius 1 is 1.12 bits per heavy atom. The van der Waals surface area contributed by atoms with E-state index in [1.807, 2.05) is 32.0 Å². The van der Waals surface area contributed by atoms with Crippen molar-refractivity contribution in [2.45, 2.75) is 13.8 Å². The van der Waals surface area contributed by atoms with Crippen molar-refractivity contribution in [3.63, 3.8) is 0 Å². The van der Waals surface area contributed by atoms with Gasteiger partial charge in [-0.1, -0.05) is 18.2 Å². The molecule has 2 aromatic rings. The standard InChI is InChI=1S/C13H12N2O2/c1-8-4-3-5-10(9(8)2)11-6-7-12(13(16)17)15-14-11/h3-7H,1-2H3,(H,16,17). The Balaban J connectivity index is 2.47. The van der Waals surface area contributed by atoms with Crippen LogP contribution in [0.3, 0.4) is 0 Å². The molecule has 86 valence electrons. The Hall–Kier alpha value is -2.23. The summed E-state index contributed by atoms with van der Waals surface area (Å²) in [5.74, 6) is -1.06. The smallest absolute Gasteiger partial charge is 0.356 e. The lowest BCUT2D eigenvalue weighted by molar-refractivity contribution is 0.0689. The second-order valence-electron chi connectivity index (χ2n) is 3.86. The number of aromatic nitrogens is 2. The summed E-state index contributed by atoms with van der Waals surface area (Å²) in [7, 11) is 0. The molecule has 0 bridgehead atoms. The van der Waals surface area contributed by atoms with Gasteiger partial charge in [0.05, 0.1) is 5.69 Å². The van der Waals surface area contributed by atoms with E-state index in [1.54, 1.807) is 6.07 Å². The zero-order valence-electron chi connectivity index (χ0n) is 9.64. The van der Waals surface area contributed by atoms with E-state index in [1.165, 1.54) is 11.6 Å². The lowest BCUT2D eigenvalue weighted by Gasteiger charge is -2.07. The molecule has 0 saturated carbocycles. The lowest BCUT2D eigenvalue weighted by Crippen LogP contribution is -2.02. The van der Waals surface area contributed by atoms with E-state index in [4.69, 9.17) is 5.11 Å². The van der Waals surface area contributed by atoms with Crippen molar-refractivity contribution >= 4 is 5.97 Å². The third kappa shape index (κ3) is 2.15. The van der Waals surface area contributed by atoms with E-state index in [2.05, 4.69) is 10.2 Å². The Bertz CT molecular complexity index is 562. The molecule has 17 heavy (non-hydrogen) atoms. The third-order valence-corrected chi connectivity index (χ3v) is 2.76. The maximum absolute atomic E-state index is 10.7. The van der Waals surface area contributed by atoms with Crippen molar-refractivity contribution in [2.75, 3.05) is 0 Å². The second kappa shape index (κ2) is 4.33. The van der Waals surface area contributed by atoms with Gasteiger partial charge in [-0.25, -0.2) is 4.79 Å². The molecule has 2 rings (SSSR count). The fourth-order valence-electron chi connectivity index (χ4n) is 1.62. The molecule has 4 heteroatoms. The van der Waals surface area contributed by atoms with Crippen molar-refractivity contribution in [2.24, 2.45) is 0 Å². The predicted molar refractivity (Wildman–Crippen MR) is 63.9 cm³/mol. The molecule has 0 fully saturated rings. The van der Waals surface area contributed by atoms with Crippen molar-refractivity contribution in [1.82, 2.24) is 10.2 Å². The number of carbonyl (C=O) groups is 1. The molecule has 0 unspecified atom stereocenters. The highest BCUT2D eigenvalue weighted by Crippen LogP contribution is 2.22. The number of aryl methyl sites for hydroxylation is 1. The van der Waals surface area contributed by atoms with Crippen molar-refractivity contribution < 1.29 is 9.90 Å². The summed E-state index contributed by atoms with van der Waals surface area (Å²) in [4.78, 5) is 10.7. The van der Waals surface area contributed by atoms with Crippen molar-refractivity contribution in [3.8, 4) is 11.3 Å². The van der Waals surface area contributed by atoms with Gasteiger partial charge in [0.2, 0.25) is 0 Å². The van der Waals surface area contributed by atoms with Crippen molar-refractivity contribution in [1.29, 1.82) is 0 Å². The zero-order chi connectivity index (χ0) is 12.4. The van der Waals surface area contributed by atoms with Gasteiger partial charge >= 0.3 is 5.97 Å². The Kier molecular flexibility index (Phi) is 2.87. The van der Waals surface area contributed by atoms with Crippen LogP contribution in [-0.2, 0) is 0 Å². The lowest BCUT2D eigenvalue weighted by atomic mass is 10.0. The van der Waals surface area contributed by atoms with Gasteiger partial charge in [0.25, 0.3) is 0 Å². The third-order valence-electron chi connectivity index (χ3n) is 2.76. The van der Waals surface area contributed by atoms with Crippen LogP contribution in [0, 0.1) is 13.8 Å².